The molecule has 1 aromatic carbocycles. The van der Waals surface area contributed by atoms with Crippen molar-refractivity contribution in [3.05, 3.63) is 47.2 Å². The number of hydrogen-bond donors (Lipinski definition) is 0. The highest BCUT2D eigenvalue weighted by Crippen LogP contribution is 2.22. The van der Waals surface area contributed by atoms with Gasteiger partial charge in [0.2, 0.25) is 0 Å². The molecule has 0 unspecified atom stereocenters. The summed E-state index contributed by atoms with van der Waals surface area (Å²) in [4.78, 5) is 17.3. The van der Waals surface area contributed by atoms with Crippen molar-refractivity contribution in [1.29, 1.82) is 0 Å². The molecule has 4 rings (SSSR count). The average Bonchev–Trinajstić information content (AvgIpc) is 3.18. The van der Waals surface area contributed by atoms with Crippen LogP contribution in [-0.4, -0.2) is 70.9 Å². The zero-order chi connectivity index (χ0) is 17.9. The van der Waals surface area contributed by atoms with E-state index >= 15 is 0 Å². The first-order valence-electron chi connectivity index (χ1n) is 9.13. The molecule has 0 bridgehead atoms. The van der Waals surface area contributed by atoms with E-state index in [2.05, 4.69) is 10.00 Å². The molecule has 1 aromatic heterocycles. The Bertz CT molecular complexity index is 764. The van der Waals surface area contributed by atoms with Crippen LogP contribution in [0.2, 0.25) is 5.02 Å². The number of carbonyl (C=O) groups excluding carboxylic acids is 1. The number of amides is 1. The Morgan fingerprint density at radius 1 is 1.12 bits per heavy atom. The number of likely N-dealkylation sites (tertiary alicyclic amines) is 1. The second-order valence-corrected chi connectivity index (χ2v) is 7.20. The summed E-state index contributed by atoms with van der Waals surface area (Å²) in [6, 6.07) is 8.04. The number of ether oxygens (including phenoxy) is 1. The van der Waals surface area contributed by atoms with Crippen LogP contribution in [0.4, 0.5) is 0 Å². The van der Waals surface area contributed by atoms with Gasteiger partial charge >= 0.3 is 0 Å². The average molecular weight is 375 g/mol. The summed E-state index contributed by atoms with van der Waals surface area (Å²) in [5.41, 5.74) is 1.38. The normalized spacial score (nSPS) is 19.7. The number of rotatable bonds is 3. The van der Waals surface area contributed by atoms with E-state index in [1.54, 1.807) is 17.1 Å². The van der Waals surface area contributed by atoms with Gasteiger partial charge in [-0.3, -0.25) is 9.69 Å². The fourth-order valence-corrected chi connectivity index (χ4v) is 3.98. The van der Waals surface area contributed by atoms with Gasteiger partial charge in [-0.1, -0.05) is 23.7 Å². The molecular weight excluding hydrogens is 352 g/mol. The minimum Gasteiger partial charge on any atom is -0.379 e. The van der Waals surface area contributed by atoms with Crippen LogP contribution < -0.4 is 0 Å². The van der Waals surface area contributed by atoms with Gasteiger partial charge in [-0.15, -0.1) is 0 Å². The Kier molecular flexibility index (Phi) is 5.24. The van der Waals surface area contributed by atoms with E-state index in [-0.39, 0.29) is 5.91 Å². The minimum atomic E-state index is 0.0451. The maximum atomic E-state index is 12.8. The molecule has 2 aromatic rings. The van der Waals surface area contributed by atoms with Crippen molar-refractivity contribution < 1.29 is 9.53 Å². The van der Waals surface area contributed by atoms with E-state index < -0.39 is 0 Å². The third kappa shape index (κ3) is 3.63. The lowest BCUT2D eigenvalue weighted by Gasteiger charge is -2.40. The molecule has 2 saturated heterocycles. The molecule has 0 saturated carbocycles. The molecule has 2 aliphatic heterocycles. The quantitative estimate of drug-likeness (QED) is 0.828. The minimum absolute atomic E-state index is 0.0451. The number of morpholine rings is 1. The summed E-state index contributed by atoms with van der Waals surface area (Å²) in [7, 11) is 0. The van der Waals surface area contributed by atoms with Gasteiger partial charge < -0.3 is 9.64 Å². The Morgan fingerprint density at radius 2 is 1.85 bits per heavy atom. The lowest BCUT2D eigenvalue weighted by atomic mass is 10.0. The predicted octanol–water partition coefficient (Wildman–Crippen LogP) is 2.46. The number of para-hydroxylation sites is 1. The Morgan fingerprint density at radius 3 is 2.58 bits per heavy atom. The monoisotopic (exact) mass is 374 g/mol. The largest absolute Gasteiger partial charge is 0.379 e. The van der Waals surface area contributed by atoms with E-state index in [9.17, 15) is 4.79 Å². The van der Waals surface area contributed by atoms with E-state index in [1.807, 2.05) is 29.2 Å². The SMILES string of the molecule is O=C(c1cnn(-c2ccccc2Cl)c1)N1CCC(N2CCOCC2)CC1. The smallest absolute Gasteiger partial charge is 0.257 e. The van der Waals surface area contributed by atoms with Crippen LogP contribution in [0, 0.1) is 0 Å². The van der Waals surface area contributed by atoms with Crippen molar-refractivity contribution in [3.8, 4) is 5.69 Å². The first-order valence-corrected chi connectivity index (χ1v) is 9.51. The molecule has 6 nitrogen and oxygen atoms in total. The molecule has 2 aliphatic rings. The first-order chi connectivity index (χ1) is 12.7. The predicted molar refractivity (Wildman–Crippen MR) is 99.9 cm³/mol. The molecule has 0 N–H and O–H groups in total. The molecule has 0 aliphatic carbocycles. The Balaban J connectivity index is 1.39. The van der Waals surface area contributed by atoms with E-state index in [0.29, 0.717) is 16.6 Å². The van der Waals surface area contributed by atoms with Crippen LogP contribution in [-0.2, 0) is 4.74 Å². The van der Waals surface area contributed by atoms with Gasteiger partial charge in [-0.25, -0.2) is 4.68 Å². The molecule has 1 amide bonds. The van der Waals surface area contributed by atoms with Crippen molar-refractivity contribution in [2.45, 2.75) is 18.9 Å². The second-order valence-electron chi connectivity index (χ2n) is 6.80. The van der Waals surface area contributed by atoms with Gasteiger partial charge in [0.25, 0.3) is 5.91 Å². The van der Waals surface area contributed by atoms with E-state index in [0.717, 1.165) is 57.9 Å². The van der Waals surface area contributed by atoms with Gasteiger partial charge in [0.1, 0.15) is 0 Å². The van der Waals surface area contributed by atoms with Crippen molar-refractivity contribution in [2.24, 2.45) is 0 Å². The molecule has 7 heteroatoms. The molecule has 0 radical (unpaired) electrons. The number of benzene rings is 1. The number of nitrogens with zero attached hydrogens (tertiary/aromatic N) is 4. The molecule has 0 spiro atoms. The third-order valence-corrected chi connectivity index (χ3v) is 5.56. The maximum absolute atomic E-state index is 12.8. The Labute approximate surface area is 158 Å². The van der Waals surface area contributed by atoms with Crippen molar-refractivity contribution >= 4 is 17.5 Å². The van der Waals surface area contributed by atoms with Gasteiger partial charge in [0.15, 0.2) is 0 Å². The van der Waals surface area contributed by atoms with Gasteiger partial charge in [0.05, 0.1) is 35.7 Å². The topological polar surface area (TPSA) is 50.6 Å². The fraction of sp³-hybridized carbons (Fsp3) is 0.474. The van der Waals surface area contributed by atoms with E-state index in [1.165, 1.54) is 0 Å². The highest BCUT2D eigenvalue weighted by molar-refractivity contribution is 6.32. The van der Waals surface area contributed by atoms with Gasteiger partial charge in [0, 0.05) is 38.4 Å². The first kappa shape index (κ1) is 17.5. The van der Waals surface area contributed by atoms with Crippen LogP contribution >= 0.6 is 11.6 Å². The second kappa shape index (κ2) is 7.78. The summed E-state index contributed by atoms with van der Waals surface area (Å²) >= 11 is 6.22. The standard InChI is InChI=1S/C19H23ClN4O2/c20-17-3-1-2-4-18(17)24-14-15(13-21-24)19(25)23-7-5-16(6-8-23)22-9-11-26-12-10-22/h1-4,13-14,16H,5-12H2. The number of aromatic nitrogens is 2. The van der Waals surface area contributed by atoms with Crippen LogP contribution in [0.5, 0.6) is 0 Å². The zero-order valence-corrected chi connectivity index (χ0v) is 15.4. The fourth-order valence-electron chi connectivity index (χ4n) is 3.76. The van der Waals surface area contributed by atoms with Crippen molar-refractivity contribution in [3.63, 3.8) is 0 Å². The molecule has 2 fully saturated rings. The van der Waals surface area contributed by atoms with Crippen LogP contribution in [0.3, 0.4) is 0 Å². The highest BCUT2D eigenvalue weighted by Gasteiger charge is 2.28. The third-order valence-electron chi connectivity index (χ3n) is 5.24. The van der Waals surface area contributed by atoms with Gasteiger partial charge in [-0.2, -0.15) is 5.10 Å². The number of carbonyl (C=O) groups is 1. The molecule has 3 heterocycles. The van der Waals surface area contributed by atoms with Crippen LogP contribution in [0.25, 0.3) is 5.69 Å². The summed E-state index contributed by atoms with van der Waals surface area (Å²) in [6.07, 6.45) is 5.42. The molecule has 26 heavy (non-hydrogen) atoms. The molecular formula is C19H23ClN4O2. The summed E-state index contributed by atoms with van der Waals surface area (Å²) in [6.45, 7) is 5.23. The number of halogens is 1. The molecule has 138 valence electrons. The maximum Gasteiger partial charge on any atom is 0.257 e. The highest BCUT2D eigenvalue weighted by atomic mass is 35.5. The number of hydrogen-bond acceptors (Lipinski definition) is 4. The summed E-state index contributed by atoms with van der Waals surface area (Å²) in [5.74, 6) is 0.0451. The summed E-state index contributed by atoms with van der Waals surface area (Å²) < 4.78 is 7.09. The Hall–Kier alpha value is -1.89. The molecule has 0 atom stereocenters. The lowest BCUT2D eigenvalue weighted by Crippen LogP contribution is -2.50. The van der Waals surface area contributed by atoms with Crippen LogP contribution in [0.15, 0.2) is 36.7 Å². The lowest BCUT2D eigenvalue weighted by molar-refractivity contribution is 0.00159. The van der Waals surface area contributed by atoms with E-state index in [4.69, 9.17) is 16.3 Å². The zero-order valence-electron chi connectivity index (χ0n) is 14.7. The van der Waals surface area contributed by atoms with Crippen LogP contribution in [0.1, 0.15) is 23.2 Å². The summed E-state index contributed by atoms with van der Waals surface area (Å²) in [5, 5.41) is 4.93. The van der Waals surface area contributed by atoms with Crippen molar-refractivity contribution in [1.82, 2.24) is 19.6 Å². The van der Waals surface area contributed by atoms with Crippen molar-refractivity contribution in [2.75, 3.05) is 39.4 Å². The van der Waals surface area contributed by atoms with Gasteiger partial charge in [-0.05, 0) is 25.0 Å². The number of piperidine rings is 1.